The Hall–Kier alpha value is -0.660. The van der Waals surface area contributed by atoms with Crippen molar-refractivity contribution in [3.8, 4) is 0 Å². The van der Waals surface area contributed by atoms with Gasteiger partial charge < -0.3 is 4.90 Å². The number of likely N-dealkylation sites (N-methyl/N-ethyl adjacent to an activating group) is 1. The Morgan fingerprint density at radius 2 is 2.18 bits per heavy atom. The molecule has 0 aromatic rings. The van der Waals surface area contributed by atoms with E-state index in [-0.39, 0.29) is 0 Å². The molecule has 64 valence electrons. The van der Waals surface area contributed by atoms with Crippen molar-refractivity contribution in [3.63, 3.8) is 0 Å². The molecule has 0 atom stereocenters. The zero-order chi connectivity index (χ0) is 8.53. The van der Waals surface area contributed by atoms with Gasteiger partial charge in [0.15, 0.2) is 0 Å². The Morgan fingerprint density at radius 3 is 2.73 bits per heavy atom. The van der Waals surface area contributed by atoms with Gasteiger partial charge in [0.25, 0.3) is 0 Å². The maximum Gasteiger partial charge on any atom is 0.234 e. The Kier molecular flexibility index (Phi) is 7.00. The van der Waals surface area contributed by atoms with Gasteiger partial charge in [0, 0.05) is 6.54 Å². The van der Waals surface area contributed by atoms with Crippen LogP contribution in [0.25, 0.3) is 0 Å². The molecule has 3 nitrogen and oxygen atoms in total. The normalized spacial score (nSPS) is 9.73. The molecule has 0 radical (unpaired) electrons. The van der Waals surface area contributed by atoms with Crippen molar-refractivity contribution in [3.05, 3.63) is 0 Å². The van der Waals surface area contributed by atoms with Gasteiger partial charge in [-0.25, -0.2) is 9.79 Å². The van der Waals surface area contributed by atoms with E-state index in [0.29, 0.717) is 6.54 Å². The van der Waals surface area contributed by atoms with Crippen molar-refractivity contribution in [1.29, 1.82) is 0 Å². The number of hydrogen-bond acceptors (Lipinski definition) is 3. The van der Waals surface area contributed by atoms with Gasteiger partial charge in [-0.1, -0.05) is 13.3 Å². The zero-order valence-corrected chi connectivity index (χ0v) is 7.34. The van der Waals surface area contributed by atoms with E-state index in [9.17, 15) is 4.79 Å². The summed E-state index contributed by atoms with van der Waals surface area (Å²) in [5, 5.41) is 0. The lowest BCUT2D eigenvalue weighted by Gasteiger charge is -2.13. The number of nitrogens with zero attached hydrogens (tertiary/aromatic N) is 2. The fourth-order valence-electron chi connectivity index (χ4n) is 0.806. The minimum Gasteiger partial charge on any atom is -0.304 e. The van der Waals surface area contributed by atoms with E-state index in [4.69, 9.17) is 0 Å². The molecule has 0 heterocycles. The van der Waals surface area contributed by atoms with Gasteiger partial charge in [-0.15, -0.1) is 0 Å². The van der Waals surface area contributed by atoms with Crippen LogP contribution in [0.1, 0.15) is 19.8 Å². The summed E-state index contributed by atoms with van der Waals surface area (Å²) in [7, 11) is 2.04. The number of aliphatic imine (C=N–C) groups is 1. The van der Waals surface area contributed by atoms with Crippen LogP contribution in [0.15, 0.2) is 4.99 Å². The van der Waals surface area contributed by atoms with Crippen LogP contribution in [-0.2, 0) is 4.79 Å². The zero-order valence-electron chi connectivity index (χ0n) is 7.34. The summed E-state index contributed by atoms with van der Waals surface area (Å²) in [6, 6.07) is 0. The Labute approximate surface area is 68.1 Å². The fraction of sp³-hybridized carbons (Fsp3) is 0.875. The van der Waals surface area contributed by atoms with E-state index in [1.165, 1.54) is 18.9 Å². The molecule has 0 fully saturated rings. The first-order valence-corrected chi connectivity index (χ1v) is 4.03. The van der Waals surface area contributed by atoms with E-state index < -0.39 is 0 Å². The number of unbranched alkanes of at least 4 members (excludes halogenated alkanes) is 1. The highest BCUT2D eigenvalue weighted by molar-refractivity contribution is 5.32. The van der Waals surface area contributed by atoms with Crippen LogP contribution in [0.5, 0.6) is 0 Å². The first-order chi connectivity index (χ1) is 5.31. The lowest BCUT2D eigenvalue weighted by molar-refractivity contribution is 0.337. The Balaban J connectivity index is 3.21. The molecule has 0 aliphatic heterocycles. The van der Waals surface area contributed by atoms with Crippen molar-refractivity contribution in [2.75, 3.05) is 26.7 Å². The molecule has 0 aliphatic rings. The highest BCUT2D eigenvalue weighted by atomic mass is 16.1. The monoisotopic (exact) mass is 156 g/mol. The molecule has 0 saturated heterocycles. The smallest absolute Gasteiger partial charge is 0.234 e. The highest BCUT2D eigenvalue weighted by Crippen LogP contribution is 1.90. The van der Waals surface area contributed by atoms with Gasteiger partial charge in [0.1, 0.15) is 0 Å². The molecule has 0 aromatic heterocycles. The van der Waals surface area contributed by atoms with E-state index in [1.54, 1.807) is 0 Å². The van der Waals surface area contributed by atoms with E-state index in [0.717, 1.165) is 13.1 Å². The first kappa shape index (κ1) is 10.3. The van der Waals surface area contributed by atoms with Gasteiger partial charge in [-0.3, -0.25) is 0 Å². The Bertz CT molecular complexity index is 130. The van der Waals surface area contributed by atoms with Crippen LogP contribution in [-0.4, -0.2) is 37.7 Å². The molecule has 0 rings (SSSR count). The van der Waals surface area contributed by atoms with Crippen LogP contribution in [0.4, 0.5) is 0 Å². The maximum atomic E-state index is 9.69. The van der Waals surface area contributed by atoms with Gasteiger partial charge >= 0.3 is 0 Å². The number of rotatable bonds is 6. The van der Waals surface area contributed by atoms with Gasteiger partial charge in [-0.2, -0.15) is 0 Å². The predicted molar refractivity (Wildman–Crippen MR) is 45.4 cm³/mol. The van der Waals surface area contributed by atoms with Gasteiger partial charge in [-0.05, 0) is 20.0 Å². The molecular weight excluding hydrogens is 140 g/mol. The van der Waals surface area contributed by atoms with E-state index in [1.807, 2.05) is 7.05 Å². The molecule has 11 heavy (non-hydrogen) atoms. The van der Waals surface area contributed by atoms with Crippen LogP contribution in [0.2, 0.25) is 0 Å². The second kappa shape index (κ2) is 7.45. The van der Waals surface area contributed by atoms with E-state index in [2.05, 4.69) is 16.8 Å². The molecule has 0 aromatic carbocycles. The van der Waals surface area contributed by atoms with E-state index >= 15 is 0 Å². The van der Waals surface area contributed by atoms with Crippen molar-refractivity contribution < 1.29 is 4.79 Å². The van der Waals surface area contributed by atoms with Gasteiger partial charge in [0.05, 0.1) is 6.54 Å². The lowest BCUT2D eigenvalue weighted by Crippen LogP contribution is -2.22. The van der Waals surface area contributed by atoms with Crippen molar-refractivity contribution in [2.24, 2.45) is 4.99 Å². The Morgan fingerprint density at radius 1 is 1.45 bits per heavy atom. The van der Waals surface area contributed by atoms with Gasteiger partial charge in [0.2, 0.25) is 6.08 Å². The summed E-state index contributed by atoms with van der Waals surface area (Å²) in [4.78, 5) is 15.3. The maximum absolute atomic E-state index is 9.69. The van der Waals surface area contributed by atoms with Crippen molar-refractivity contribution in [2.45, 2.75) is 19.8 Å². The second-order valence-electron chi connectivity index (χ2n) is 2.63. The largest absolute Gasteiger partial charge is 0.304 e. The predicted octanol–water partition coefficient (Wildman–Crippen LogP) is 1.05. The molecule has 0 amide bonds. The fourth-order valence-corrected chi connectivity index (χ4v) is 0.806. The van der Waals surface area contributed by atoms with Crippen molar-refractivity contribution in [1.82, 2.24) is 4.90 Å². The third-order valence-corrected chi connectivity index (χ3v) is 1.55. The molecule has 0 N–H and O–H groups in total. The summed E-state index contributed by atoms with van der Waals surface area (Å²) < 4.78 is 0. The van der Waals surface area contributed by atoms with Crippen LogP contribution < -0.4 is 0 Å². The van der Waals surface area contributed by atoms with Crippen LogP contribution in [0.3, 0.4) is 0 Å². The second-order valence-corrected chi connectivity index (χ2v) is 2.63. The average Bonchev–Trinajstić information content (AvgIpc) is 2.01. The highest BCUT2D eigenvalue weighted by Gasteiger charge is 1.94. The summed E-state index contributed by atoms with van der Waals surface area (Å²) in [5.41, 5.74) is 0. The standard InChI is InChI=1S/C8H16N2O/c1-3-4-6-10(2)7-5-9-8-11/h3-7H2,1-2H3. The SMILES string of the molecule is CCCCN(C)CCN=C=O. The summed E-state index contributed by atoms with van der Waals surface area (Å²) >= 11 is 0. The molecule has 0 spiro atoms. The third kappa shape index (κ3) is 7.23. The minimum atomic E-state index is 0.573. The summed E-state index contributed by atoms with van der Waals surface area (Å²) in [5.74, 6) is 0. The molecule has 0 saturated carbocycles. The third-order valence-electron chi connectivity index (χ3n) is 1.55. The first-order valence-electron chi connectivity index (χ1n) is 4.03. The molecular formula is C8H16N2O. The number of isocyanates is 1. The molecule has 3 heteroatoms. The molecule has 0 aliphatic carbocycles. The quantitative estimate of drug-likeness (QED) is 0.425. The summed E-state index contributed by atoms with van der Waals surface area (Å²) in [6.07, 6.45) is 3.95. The summed E-state index contributed by atoms with van der Waals surface area (Å²) in [6.45, 7) is 4.68. The average molecular weight is 156 g/mol. The molecule has 0 bridgehead atoms. The number of carbonyl (C=O) groups excluding carboxylic acids is 1. The van der Waals surface area contributed by atoms with Crippen LogP contribution in [0, 0.1) is 0 Å². The molecule has 0 unspecified atom stereocenters. The lowest BCUT2D eigenvalue weighted by atomic mass is 10.3. The number of hydrogen-bond donors (Lipinski definition) is 0. The van der Waals surface area contributed by atoms with Crippen molar-refractivity contribution >= 4 is 6.08 Å². The topological polar surface area (TPSA) is 32.7 Å². The van der Waals surface area contributed by atoms with Crippen LogP contribution >= 0.6 is 0 Å². The minimum absolute atomic E-state index is 0.573.